The van der Waals surface area contributed by atoms with Crippen molar-refractivity contribution in [1.29, 1.82) is 0 Å². The van der Waals surface area contributed by atoms with Gasteiger partial charge >= 0.3 is 0 Å². The monoisotopic (exact) mass is 209 g/mol. The van der Waals surface area contributed by atoms with Gasteiger partial charge < -0.3 is 5.21 Å². The van der Waals surface area contributed by atoms with E-state index in [0.717, 1.165) is 30.9 Å². The van der Waals surface area contributed by atoms with Crippen molar-refractivity contribution < 1.29 is 5.21 Å². The summed E-state index contributed by atoms with van der Waals surface area (Å²) in [5.74, 6) is 2.01. The number of hydrogen-bond acceptors (Lipinski definition) is 2. The predicted molar refractivity (Wildman–Crippen MR) is 64.3 cm³/mol. The van der Waals surface area contributed by atoms with E-state index in [4.69, 9.17) is 5.21 Å². The topological polar surface area (TPSA) is 32.6 Å². The molecule has 0 aromatic carbocycles. The molecule has 0 aliphatic heterocycles. The van der Waals surface area contributed by atoms with E-state index in [1.165, 1.54) is 12.0 Å². The zero-order valence-corrected chi connectivity index (χ0v) is 10.2. The Morgan fingerprint density at radius 2 is 2.07 bits per heavy atom. The Labute approximate surface area is 93.1 Å². The molecule has 1 saturated carbocycles. The van der Waals surface area contributed by atoms with Gasteiger partial charge in [0.25, 0.3) is 0 Å². The average molecular weight is 209 g/mol. The number of allylic oxidation sites excluding steroid dienone is 1. The normalized spacial score (nSPS) is 34.3. The van der Waals surface area contributed by atoms with Gasteiger partial charge in [-0.2, -0.15) is 0 Å². The molecule has 0 amide bonds. The highest BCUT2D eigenvalue weighted by molar-refractivity contribution is 5.85. The molecule has 0 bridgehead atoms. The van der Waals surface area contributed by atoms with Crippen LogP contribution in [0.25, 0.3) is 0 Å². The number of nitrogens with zero attached hydrogens (tertiary/aromatic N) is 1. The van der Waals surface area contributed by atoms with E-state index in [0.29, 0.717) is 11.8 Å². The van der Waals surface area contributed by atoms with Crippen molar-refractivity contribution in [2.45, 2.75) is 46.5 Å². The molecule has 1 fully saturated rings. The molecular formula is C13H23NO. The van der Waals surface area contributed by atoms with Crippen LogP contribution in [0.4, 0.5) is 0 Å². The van der Waals surface area contributed by atoms with Crippen LogP contribution in [-0.4, -0.2) is 10.9 Å². The maximum absolute atomic E-state index is 8.91. The number of oxime groups is 1. The lowest BCUT2D eigenvalue weighted by Crippen LogP contribution is -2.31. The fraction of sp³-hybridized carbons (Fsp3) is 0.769. The molecule has 0 spiro atoms. The Kier molecular flexibility index (Phi) is 4.37. The second-order valence-electron chi connectivity index (χ2n) is 5.02. The van der Waals surface area contributed by atoms with E-state index in [9.17, 15) is 0 Å². The first-order valence-corrected chi connectivity index (χ1v) is 5.92. The highest BCUT2D eigenvalue weighted by Gasteiger charge is 2.32. The zero-order chi connectivity index (χ0) is 11.4. The molecular weight excluding hydrogens is 186 g/mol. The molecule has 0 heterocycles. The number of rotatable bonds is 3. The van der Waals surface area contributed by atoms with Crippen molar-refractivity contribution in [3.63, 3.8) is 0 Å². The van der Waals surface area contributed by atoms with Crippen LogP contribution < -0.4 is 0 Å². The third kappa shape index (κ3) is 3.08. The van der Waals surface area contributed by atoms with Gasteiger partial charge in [0.05, 0.1) is 5.71 Å². The third-order valence-corrected chi connectivity index (χ3v) is 3.76. The van der Waals surface area contributed by atoms with E-state index < -0.39 is 0 Å². The quantitative estimate of drug-likeness (QED) is 0.427. The second-order valence-corrected chi connectivity index (χ2v) is 5.02. The van der Waals surface area contributed by atoms with Crippen LogP contribution in [0.3, 0.4) is 0 Å². The van der Waals surface area contributed by atoms with Crippen LogP contribution in [0.5, 0.6) is 0 Å². The standard InChI is InChI=1S/C13H23NO/c1-5-11-7-13(14-15)8-12(10(11)4)6-9(2)3/h10-12,15H,2,5-8H2,1,3-4H3/t10?,11-,12+/m1/s1. The van der Waals surface area contributed by atoms with Crippen LogP contribution in [0, 0.1) is 17.8 Å². The van der Waals surface area contributed by atoms with E-state index in [1.54, 1.807) is 0 Å². The Hall–Kier alpha value is -0.790. The van der Waals surface area contributed by atoms with Crippen molar-refractivity contribution in [1.82, 2.24) is 0 Å². The van der Waals surface area contributed by atoms with E-state index in [-0.39, 0.29) is 0 Å². The van der Waals surface area contributed by atoms with Crippen molar-refractivity contribution >= 4 is 5.71 Å². The molecule has 15 heavy (non-hydrogen) atoms. The summed E-state index contributed by atoms with van der Waals surface area (Å²) in [5, 5.41) is 12.3. The number of hydrogen-bond donors (Lipinski definition) is 1. The van der Waals surface area contributed by atoms with Crippen molar-refractivity contribution in [2.75, 3.05) is 0 Å². The van der Waals surface area contributed by atoms with Gasteiger partial charge in [0, 0.05) is 0 Å². The van der Waals surface area contributed by atoms with Gasteiger partial charge in [-0.3, -0.25) is 0 Å². The summed E-state index contributed by atoms with van der Waals surface area (Å²) in [7, 11) is 0. The maximum atomic E-state index is 8.91. The van der Waals surface area contributed by atoms with Gasteiger partial charge in [-0.05, 0) is 43.9 Å². The Bertz CT molecular complexity index is 257. The molecule has 0 radical (unpaired) electrons. The Morgan fingerprint density at radius 3 is 2.53 bits per heavy atom. The molecule has 0 aromatic rings. The van der Waals surface area contributed by atoms with Gasteiger partial charge in [-0.15, -0.1) is 6.58 Å². The van der Waals surface area contributed by atoms with Gasteiger partial charge in [0.15, 0.2) is 0 Å². The van der Waals surface area contributed by atoms with Crippen molar-refractivity contribution in [2.24, 2.45) is 22.9 Å². The molecule has 1 rings (SSSR count). The molecule has 0 aromatic heterocycles. The van der Waals surface area contributed by atoms with Gasteiger partial charge in [-0.25, -0.2) is 0 Å². The van der Waals surface area contributed by atoms with Crippen molar-refractivity contribution in [3.05, 3.63) is 12.2 Å². The van der Waals surface area contributed by atoms with E-state index in [1.807, 2.05) is 0 Å². The largest absolute Gasteiger partial charge is 0.411 e. The van der Waals surface area contributed by atoms with Gasteiger partial charge in [0.1, 0.15) is 0 Å². The zero-order valence-electron chi connectivity index (χ0n) is 10.2. The first-order chi connectivity index (χ1) is 7.08. The highest BCUT2D eigenvalue weighted by Crippen LogP contribution is 2.38. The lowest BCUT2D eigenvalue weighted by atomic mass is 9.69. The first-order valence-electron chi connectivity index (χ1n) is 5.92. The highest BCUT2D eigenvalue weighted by atomic mass is 16.4. The van der Waals surface area contributed by atoms with Crippen LogP contribution >= 0.6 is 0 Å². The van der Waals surface area contributed by atoms with Crippen LogP contribution in [-0.2, 0) is 0 Å². The summed E-state index contributed by atoms with van der Waals surface area (Å²) in [6.07, 6.45) is 4.16. The fourth-order valence-corrected chi connectivity index (χ4v) is 2.75. The molecule has 1 aliphatic rings. The van der Waals surface area contributed by atoms with Gasteiger partial charge in [-0.1, -0.05) is 31.0 Å². The maximum Gasteiger partial charge on any atom is 0.0576 e. The summed E-state index contributed by atoms with van der Waals surface area (Å²) >= 11 is 0. The van der Waals surface area contributed by atoms with Gasteiger partial charge in [0.2, 0.25) is 0 Å². The van der Waals surface area contributed by atoms with Crippen LogP contribution in [0.2, 0.25) is 0 Å². The second kappa shape index (κ2) is 5.34. The summed E-state index contributed by atoms with van der Waals surface area (Å²) in [6, 6.07) is 0. The SMILES string of the molecule is C=C(C)C[C@H]1CC(=NO)C[C@@H](CC)C1C. The first kappa shape index (κ1) is 12.3. The average Bonchev–Trinajstić information content (AvgIpc) is 2.20. The molecule has 1 aliphatic carbocycles. The Balaban J connectivity index is 2.72. The molecule has 3 atom stereocenters. The van der Waals surface area contributed by atoms with E-state index in [2.05, 4.69) is 32.5 Å². The fourth-order valence-electron chi connectivity index (χ4n) is 2.75. The lowest BCUT2D eigenvalue weighted by Gasteiger charge is -2.36. The van der Waals surface area contributed by atoms with Crippen LogP contribution in [0.15, 0.2) is 17.3 Å². The molecule has 2 nitrogen and oxygen atoms in total. The van der Waals surface area contributed by atoms with Crippen LogP contribution in [0.1, 0.15) is 46.5 Å². The molecule has 2 heteroatoms. The summed E-state index contributed by atoms with van der Waals surface area (Å²) in [5.41, 5.74) is 2.21. The third-order valence-electron chi connectivity index (χ3n) is 3.76. The predicted octanol–water partition coefficient (Wildman–Crippen LogP) is 3.86. The minimum atomic E-state index is 0.618. The van der Waals surface area contributed by atoms with E-state index >= 15 is 0 Å². The summed E-state index contributed by atoms with van der Waals surface area (Å²) in [4.78, 5) is 0. The summed E-state index contributed by atoms with van der Waals surface area (Å²) < 4.78 is 0. The molecule has 86 valence electrons. The minimum absolute atomic E-state index is 0.618. The molecule has 0 saturated heterocycles. The smallest absolute Gasteiger partial charge is 0.0576 e. The Morgan fingerprint density at radius 1 is 1.47 bits per heavy atom. The minimum Gasteiger partial charge on any atom is -0.411 e. The lowest BCUT2D eigenvalue weighted by molar-refractivity contribution is 0.217. The molecule has 1 N–H and O–H groups in total. The van der Waals surface area contributed by atoms with Crippen molar-refractivity contribution in [3.8, 4) is 0 Å². The summed E-state index contributed by atoms with van der Waals surface area (Å²) in [6.45, 7) is 10.6. The molecule has 1 unspecified atom stereocenters.